The minimum atomic E-state index is -0.831. The normalized spacial score (nSPS) is 11.4. The van der Waals surface area contributed by atoms with E-state index in [0.29, 0.717) is 17.9 Å². The van der Waals surface area contributed by atoms with Crippen LogP contribution in [0.15, 0.2) is 73.1 Å². The highest BCUT2D eigenvalue weighted by Crippen LogP contribution is 2.26. The van der Waals surface area contributed by atoms with Gasteiger partial charge in [-0.25, -0.2) is 4.79 Å². The largest absolute Gasteiger partial charge is 0.487 e. The van der Waals surface area contributed by atoms with E-state index in [0.717, 1.165) is 16.7 Å². The van der Waals surface area contributed by atoms with E-state index in [-0.39, 0.29) is 11.7 Å². The van der Waals surface area contributed by atoms with Crippen LogP contribution in [0.2, 0.25) is 0 Å². The van der Waals surface area contributed by atoms with E-state index >= 15 is 0 Å². The summed E-state index contributed by atoms with van der Waals surface area (Å²) in [6.45, 7) is 0.328. The van der Waals surface area contributed by atoms with Gasteiger partial charge in [0.25, 0.3) is 5.91 Å². The van der Waals surface area contributed by atoms with Gasteiger partial charge >= 0.3 is 5.97 Å². The van der Waals surface area contributed by atoms with Crippen molar-refractivity contribution in [1.29, 1.82) is 0 Å². The second kappa shape index (κ2) is 10.5. The zero-order chi connectivity index (χ0) is 21.3. The Morgan fingerprint density at radius 1 is 1.10 bits per heavy atom. The number of hydrogen-bond donors (Lipinski definition) is 2. The third kappa shape index (κ3) is 5.39. The van der Waals surface area contributed by atoms with Crippen LogP contribution in [0.1, 0.15) is 15.9 Å². The first-order valence-corrected chi connectivity index (χ1v) is 9.96. The molecular formula is C23H22N2O4S. The summed E-state index contributed by atoms with van der Waals surface area (Å²) in [5, 5.41) is 2.69. The Bertz CT molecular complexity index is 997. The molecule has 0 radical (unpaired) electrons. The van der Waals surface area contributed by atoms with Crippen molar-refractivity contribution in [2.24, 2.45) is 0 Å². The summed E-state index contributed by atoms with van der Waals surface area (Å²) in [6, 6.07) is 17.8. The molecule has 0 saturated carbocycles. The molecule has 7 heteroatoms. The van der Waals surface area contributed by atoms with Crippen LogP contribution in [0.4, 0.5) is 0 Å². The van der Waals surface area contributed by atoms with Crippen LogP contribution in [0.3, 0.4) is 0 Å². The summed E-state index contributed by atoms with van der Waals surface area (Å²) in [6.07, 6.45) is 3.32. The zero-order valence-electron chi connectivity index (χ0n) is 16.4. The third-order valence-corrected chi connectivity index (χ3v) is 4.79. The molecule has 0 aliphatic rings. The molecule has 1 heterocycles. The van der Waals surface area contributed by atoms with Crippen LogP contribution < -0.4 is 10.1 Å². The lowest BCUT2D eigenvalue weighted by molar-refractivity contribution is -0.142. The first kappa shape index (κ1) is 21.4. The average molecular weight is 423 g/mol. The number of thiol groups is 1. The lowest BCUT2D eigenvalue weighted by atomic mass is 9.96. The summed E-state index contributed by atoms with van der Waals surface area (Å²) >= 11 is 4.13. The summed E-state index contributed by atoms with van der Waals surface area (Å²) in [7, 11) is 1.28. The number of carbonyl (C=O) groups is 2. The predicted octanol–water partition coefficient (Wildman–Crippen LogP) is 3.53. The van der Waals surface area contributed by atoms with E-state index in [1.54, 1.807) is 24.5 Å². The highest BCUT2D eigenvalue weighted by Gasteiger charge is 2.22. The van der Waals surface area contributed by atoms with Crippen molar-refractivity contribution in [3.8, 4) is 16.9 Å². The van der Waals surface area contributed by atoms with Gasteiger partial charge in [-0.3, -0.25) is 9.78 Å². The smallest absolute Gasteiger partial charge is 0.329 e. The number of benzene rings is 2. The summed E-state index contributed by atoms with van der Waals surface area (Å²) in [4.78, 5) is 28.8. The molecule has 0 aliphatic carbocycles. The number of carbonyl (C=O) groups excluding carboxylic acids is 2. The van der Waals surface area contributed by atoms with E-state index < -0.39 is 12.0 Å². The highest BCUT2D eigenvalue weighted by molar-refractivity contribution is 7.80. The van der Waals surface area contributed by atoms with Crippen LogP contribution in [0, 0.1) is 0 Å². The van der Waals surface area contributed by atoms with Gasteiger partial charge < -0.3 is 14.8 Å². The Morgan fingerprint density at radius 2 is 1.90 bits per heavy atom. The quantitative estimate of drug-likeness (QED) is 0.429. The summed E-state index contributed by atoms with van der Waals surface area (Å²) < 4.78 is 10.5. The maximum atomic E-state index is 12.9. The fourth-order valence-electron chi connectivity index (χ4n) is 2.89. The molecule has 1 atom stereocenters. The van der Waals surface area contributed by atoms with Crippen molar-refractivity contribution in [3.05, 3.63) is 84.2 Å². The van der Waals surface area contributed by atoms with Crippen LogP contribution >= 0.6 is 12.6 Å². The third-order valence-electron chi connectivity index (χ3n) is 4.43. The van der Waals surface area contributed by atoms with Crippen molar-refractivity contribution in [3.63, 3.8) is 0 Å². The minimum absolute atomic E-state index is 0.135. The zero-order valence-corrected chi connectivity index (χ0v) is 17.3. The van der Waals surface area contributed by atoms with Crippen molar-refractivity contribution in [2.75, 3.05) is 12.9 Å². The molecule has 3 rings (SSSR count). The van der Waals surface area contributed by atoms with Gasteiger partial charge in [0, 0.05) is 17.5 Å². The van der Waals surface area contributed by atoms with Crippen LogP contribution in [0.5, 0.6) is 5.75 Å². The molecule has 0 fully saturated rings. The van der Waals surface area contributed by atoms with Crippen LogP contribution in [-0.4, -0.2) is 35.8 Å². The molecule has 1 aromatic heterocycles. The van der Waals surface area contributed by atoms with Gasteiger partial charge in [-0.15, -0.1) is 0 Å². The van der Waals surface area contributed by atoms with E-state index in [4.69, 9.17) is 9.47 Å². The number of methoxy groups -OCH3 is 1. The van der Waals surface area contributed by atoms with Crippen molar-refractivity contribution < 1.29 is 19.1 Å². The Labute approximate surface area is 180 Å². The number of aromatic nitrogens is 1. The lowest BCUT2D eigenvalue weighted by Crippen LogP contribution is -2.43. The first-order valence-electron chi connectivity index (χ1n) is 9.33. The molecule has 3 aromatic rings. The molecular weight excluding hydrogens is 400 g/mol. The maximum absolute atomic E-state index is 12.9. The van der Waals surface area contributed by atoms with Gasteiger partial charge in [-0.1, -0.05) is 36.4 Å². The average Bonchev–Trinajstić information content (AvgIpc) is 2.81. The lowest BCUT2D eigenvalue weighted by Gasteiger charge is -2.17. The highest BCUT2D eigenvalue weighted by atomic mass is 32.1. The van der Waals surface area contributed by atoms with Crippen LogP contribution in [-0.2, 0) is 16.1 Å². The summed E-state index contributed by atoms with van der Waals surface area (Å²) in [5.74, 6) is -0.120. The van der Waals surface area contributed by atoms with Crippen molar-refractivity contribution in [2.45, 2.75) is 12.6 Å². The Balaban J connectivity index is 1.88. The van der Waals surface area contributed by atoms with Crippen molar-refractivity contribution >= 4 is 24.5 Å². The standard InChI is InChI=1S/C23H22N2O4S/c1-28-23(27)21(15-30)25-22(26)19-10-9-16(14-29-18-8-5-11-24-13-18)12-20(19)17-6-3-2-4-7-17/h2-13,21,30H,14-15H2,1H3,(H,25,26)/t21-/m0/s1. The number of esters is 1. The minimum Gasteiger partial charge on any atom is -0.487 e. The molecule has 0 spiro atoms. The molecule has 1 N–H and O–H groups in total. The first-order chi connectivity index (χ1) is 14.6. The van der Waals surface area contributed by atoms with E-state index in [1.165, 1.54) is 7.11 Å². The molecule has 6 nitrogen and oxygen atoms in total. The van der Waals surface area contributed by atoms with E-state index in [2.05, 4.69) is 22.9 Å². The number of ether oxygens (including phenoxy) is 2. The van der Waals surface area contributed by atoms with Gasteiger partial charge in [-0.2, -0.15) is 12.6 Å². The topological polar surface area (TPSA) is 77.5 Å². The molecule has 0 unspecified atom stereocenters. The van der Waals surface area contributed by atoms with Gasteiger partial charge in [-0.05, 0) is 41.0 Å². The van der Waals surface area contributed by atoms with Gasteiger partial charge in [0.15, 0.2) is 0 Å². The Hall–Kier alpha value is -3.32. The number of pyridine rings is 1. The predicted molar refractivity (Wildman–Crippen MR) is 118 cm³/mol. The fourth-order valence-corrected chi connectivity index (χ4v) is 3.13. The molecule has 0 saturated heterocycles. The second-order valence-electron chi connectivity index (χ2n) is 6.46. The molecule has 0 bridgehead atoms. The number of amides is 1. The van der Waals surface area contributed by atoms with Gasteiger partial charge in [0.05, 0.1) is 13.3 Å². The van der Waals surface area contributed by atoms with E-state index in [9.17, 15) is 9.59 Å². The molecule has 154 valence electrons. The number of hydrogen-bond acceptors (Lipinski definition) is 6. The van der Waals surface area contributed by atoms with Gasteiger partial charge in [0.1, 0.15) is 18.4 Å². The Morgan fingerprint density at radius 3 is 2.57 bits per heavy atom. The fraction of sp³-hybridized carbons (Fsp3) is 0.174. The van der Waals surface area contributed by atoms with Gasteiger partial charge in [0.2, 0.25) is 0 Å². The number of nitrogens with one attached hydrogen (secondary N) is 1. The number of rotatable bonds is 8. The SMILES string of the molecule is COC(=O)[C@H](CS)NC(=O)c1ccc(COc2cccnc2)cc1-c1ccccc1. The molecule has 1 amide bonds. The van der Waals surface area contributed by atoms with Crippen molar-refractivity contribution in [1.82, 2.24) is 10.3 Å². The monoisotopic (exact) mass is 422 g/mol. The Kier molecular flexibility index (Phi) is 7.45. The molecule has 2 aromatic carbocycles. The van der Waals surface area contributed by atoms with E-state index in [1.807, 2.05) is 48.5 Å². The number of nitrogens with zero attached hydrogens (tertiary/aromatic N) is 1. The summed E-state index contributed by atoms with van der Waals surface area (Å²) in [5.41, 5.74) is 2.96. The molecule has 30 heavy (non-hydrogen) atoms. The molecule has 0 aliphatic heterocycles. The maximum Gasteiger partial charge on any atom is 0.329 e. The van der Waals surface area contributed by atoms with Crippen LogP contribution in [0.25, 0.3) is 11.1 Å². The second-order valence-corrected chi connectivity index (χ2v) is 6.82.